The molecule has 0 unspecified atom stereocenters. The number of pyridine rings is 1. The van der Waals surface area contributed by atoms with E-state index in [0.717, 1.165) is 0 Å². The van der Waals surface area contributed by atoms with Gasteiger partial charge in [-0.2, -0.15) is 4.31 Å². The lowest BCUT2D eigenvalue weighted by atomic mass is 10.0. The minimum absolute atomic E-state index is 0.104. The average Bonchev–Trinajstić information content (AvgIpc) is 2.87. The van der Waals surface area contributed by atoms with E-state index in [-0.39, 0.29) is 14.9 Å². The fourth-order valence-electron chi connectivity index (χ4n) is 3.87. The summed E-state index contributed by atoms with van der Waals surface area (Å²) in [5.74, 6) is -0.427. The summed E-state index contributed by atoms with van der Waals surface area (Å²) in [7, 11) is -3.68. The maximum Gasteiger partial charge on any atom is 0.256 e. The summed E-state index contributed by atoms with van der Waals surface area (Å²) >= 11 is 18.7. The van der Waals surface area contributed by atoms with Gasteiger partial charge < -0.3 is 5.32 Å². The van der Waals surface area contributed by atoms with Crippen LogP contribution in [0, 0.1) is 0 Å². The Morgan fingerprint density at radius 1 is 0.917 bits per heavy atom. The van der Waals surface area contributed by atoms with Gasteiger partial charge in [0.15, 0.2) is 0 Å². The summed E-state index contributed by atoms with van der Waals surface area (Å²) < 4.78 is 27.2. The molecule has 3 aromatic carbocycles. The number of nitrogens with zero attached hydrogens (tertiary/aromatic N) is 2. The van der Waals surface area contributed by atoms with Gasteiger partial charge in [0.25, 0.3) is 5.91 Å². The standard InChI is InChI=1S/C26H22Cl3N3O3S/c1-3-32(4-2)36(34,35)17-9-7-8-16(14-17)30-26(33)20-15-23(31-22-11-6-5-10-18(20)22)19-12-13-21(27)25(29)24(19)28/h5-15H,3-4H2,1-2H3,(H,30,33). The zero-order chi connectivity index (χ0) is 26.0. The Morgan fingerprint density at radius 3 is 2.36 bits per heavy atom. The van der Waals surface area contributed by atoms with E-state index in [9.17, 15) is 13.2 Å². The number of para-hydroxylation sites is 1. The van der Waals surface area contributed by atoms with Crippen LogP contribution in [0.5, 0.6) is 0 Å². The maximum absolute atomic E-state index is 13.4. The molecule has 0 aliphatic rings. The molecule has 0 spiro atoms. The van der Waals surface area contributed by atoms with Crippen molar-refractivity contribution in [2.75, 3.05) is 18.4 Å². The molecule has 1 amide bonds. The third kappa shape index (κ3) is 5.08. The van der Waals surface area contributed by atoms with Gasteiger partial charge in [-0.15, -0.1) is 0 Å². The number of benzene rings is 3. The first-order valence-corrected chi connectivity index (χ1v) is 13.7. The third-order valence-electron chi connectivity index (χ3n) is 5.71. The van der Waals surface area contributed by atoms with Crippen LogP contribution in [0.1, 0.15) is 24.2 Å². The van der Waals surface area contributed by atoms with Gasteiger partial charge in [0.1, 0.15) is 0 Å². The summed E-state index contributed by atoms with van der Waals surface area (Å²) in [5, 5.41) is 4.18. The molecule has 36 heavy (non-hydrogen) atoms. The maximum atomic E-state index is 13.4. The minimum Gasteiger partial charge on any atom is -0.322 e. The first-order chi connectivity index (χ1) is 17.2. The molecule has 1 aromatic heterocycles. The molecule has 0 saturated heterocycles. The first-order valence-electron chi connectivity index (χ1n) is 11.1. The number of hydrogen-bond donors (Lipinski definition) is 1. The number of carbonyl (C=O) groups is 1. The van der Waals surface area contributed by atoms with Crippen molar-refractivity contribution in [1.29, 1.82) is 0 Å². The van der Waals surface area contributed by atoms with E-state index in [0.29, 0.717) is 51.5 Å². The molecule has 0 bridgehead atoms. The molecule has 0 saturated carbocycles. The zero-order valence-corrected chi connectivity index (χ0v) is 22.5. The van der Waals surface area contributed by atoms with E-state index in [1.54, 1.807) is 56.3 Å². The largest absolute Gasteiger partial charge is 0.322 e. The van der Waals surface area contributed by atoms with Crippen molar-refractivity contribution in [3.8, 4) is 11.3 Å². The molecule has 4 aromatic rings. The molecular formula is C26H22Cl3N3O3S. The number of nitrogens with one attached hydrogen (secondary N) is 1. The van der Waals surface area contributed by atoms with E-state index >= 15 is 0 Å². The van der Waals surface area contributed by atoms with Gasteiger partial charge in [-0.1, -0.05) is 72.9 Å². The molecule has 4 rings (SSSR count). The fraction of sp³-hybridized carbons (Fsp3) is 0.154. The third-order valence-corrected chi connectivity index (χ3v) is 9.05. The quantitative estimate of drug-likeness (QED) is 0.243. The van der Waals surface area contributed by atoms with E-state index < -0.39 is 15.9 Å². The Bertz CT molecular complexity index is 1570. The van der Waals surface area contributed by atoms with Crippen molar-refractivity contribution >= 4 is 67.3 Å². The number of anilines is 1. The second-order valence-corrected chi connectivity index (χ2v) is 11.0. The van der Waals surface area contributed by atoms with E-state index in [1.165, 1.54) is 16.4 Å². The Morgan fingerprint density at radius 2 is 1.64 bits per heavy atom. The Kier molecular flexibility index (Phi) is 7.87. The highest BCUT2D eigenvalue weighted by Crippen LogP contribution is 2.38. The van der Waals surface area contributed by atoms with Crippen molar-refractivity contribution in [3.63, 3.8) is 0 Å². The van der Waals surface area contributed by atoms with Crippen molar-refractivity contribution < 1.29 is 13.2 Å². The van der Waals surface area contributed by atoms with Crippen LogP contribution < -0.4 is 5.32 Å². The molecule has 0 radical (unpaired) electrons. The van der Waals surface area contributed by atoms with Gasteiger partial charge in [0.05, 0.1) is 36.7 Å². The van der Waals surface area contributed by atoms with Crippen molar-refractivity contribution in [3.05, 3.63) is 87.4 Å². The van der Waals surface area contributed by atoms with E-state index in [4.69, 9.17) is 34.8 Å². The number of halogens is 3. The smallest absolute Gasteiger partial charge is 0.256 e. The van der Waals surface area contributed by atoms with Crippen LogP contribution in [0.2, 0.25) is 15.1 Å². The molecule has 0 atom stereocenters. The van der Waals surface area contributed by atoms with Crippen LogP contribution in [0.25, 0.3) is 22.2 Å². The molecule has 0 aliphatic carbocycles. The number of rotatable bonds is 7. The number of aromatic nitrogens is 1. The van der Waals surface area contributed by atoms with Crippen LogP contribution in [0.15, 0.2) is 71.6 Å². The van der Waals surface area contributed by atoms with Gasteiger partial charge in [-0.3, -0.25) is 4.79 Å². The Labute approximate surface area is 224 Å². The van der Waals surface area contributed by atoms with Gasteiger partial charge in [0, 0.05) is 29.7 Å². The monoisotopic (exact) mass is 561 g/mol. The molecule has 10 heteroatoms. The summed E-state index contributed by atoms with van der Waals surface area (Å²) in [6.45, 7) is 4.24. The summed E-state index contributed by atoms with van der Waals surface area (Å²) in [6, 6.07) is 18.3. The van der Waals surface area contributed by atoms with Crippen molar-refractivity contribution in [1.82, 2.24) is 9.29 Å². The van der Waals surface area contributed by atoms with Crippen molar-refractivity contribution in [2.24, 2.45) is 0 Å². The van der Waals surface area contributed by atoms with Crippen molar-refractivity contribution in [2.45, 2.75) is 18.7 Å². The highest BCUT2D eigenvalue weighted by atomic mass is 35.5. The lowest BCUT2D eigenvalue weighted by Crippen LogP contribution is -2.30. The Hall–Kier alpha value is -2.68. The summed E-state index contributed by atoms with van der Waals surface area (Å²) in [5.41, 5.74) is 2.25. The second kappa shape index (κ2) is 10.7. The number of amides is 1. The predicted octanol–water partition coefficient (Wildman–Crippen LogP) is 7.14. The average molecular weight is 563 g/mol. The molecule has 0 aliphatic heterocycles. The highest BCUT2D eigenvalue weighted by Gasteiger charge is 2.22. The van der Waals surface area contributed by atoms with Crippen LogP contribution in [0.4, 0.5) is 5.69 Å². The molecular weight excluding hydrogens is 541 g/mol. The van der Waals surface area contributed by atoms with Crippen LogP contribution in [-0.2, 0) is 10.0 Å². The topological polar surface area (TPSA) is 79.4 Å². The summed E-state index contributed by atoms with van der Waals surface area (Å²) in [6.07, 6.45) is 0. The van der Waals surface area contributed by atoms with Crippen LogP contribution in [0.3, 0.4) is 0 Å². The van der Waals surface area contributed by atoms with E-state index in [1.807, 2.05) is 12.1 Å². The molecule has 1 heterocycles. The van der Waals surface area contributed by atoms with E-state index in [2.05, 4.69) is 10.3 Å². The molecule has 186 valence electrons. The first kappa shape index (κ1) is 26.4. The van der Waals surface area contributed by atoms with Gasteiger partial charge >= 0.3 is 0 Å². The fourth-order valence-corrected chi connectivity index (χ4v) is 6.01. The highest BCUT2D eigenvalue weighted by molar-refractivity contribution is 7.89. The second-order valence-electron chi connectivity index (χ2n) is 7.87. The van der Waals surface area contributed by atoms with Gasteiger partial charge in [-0.25, -0.2) is 13.4 Å². The van der Waals surface area contributed by atoms with Gasteiger partial charge in [0.2, 0.25) is 10.0 Å². The number of sulfonamides is 1. The molecule has 1 N–H and O–H groups in total. The van der Waals surface area contributed by atoms with Crippen LogP contribution >= 0.6 is 34.8 Å². The summed E-state index contributed by atoms with van der Waals surface area (Å²) in [4.78, 5) is 18.2. The number of fused-ring (bicyclic) bond motifs is 1. The normalized spacial score (nSPS) is 11.7. The molecule has 0 fully saturated rings. The number of hydrogen-bond acceptors (Lipinski definition) is 4. The lowest BCUT2D eigenvalue weighted by molar-refractivity contribution is 0.102. The molecule has 6 nitrogen and oxygen atoms in total. The zero-order valence-electron chi connectivity index (χ0n) is 19.4. The number of carbonyl (C=O) groups excluding carboxylic acids is 1. The van der Waals surface area contributed by atoms with Gasteiger partial charge in [-0.05, 0) is 42.5 Å². The predicted molar refractivity (Wildman–Crippen MR) is 147 cm³/mol. The lowest BCUT2D eigenvalue weighted by Gasteiger charge is -2.19. The Balaban J connectivity index is 1.76. The minimum atomic E-state index is -3.68. The van der Waals surface area contributed by atoms with Crippen LogP contribution in [-0.4, -0.2) is 36.7 Å². The SMILES string of the molecule is CCN(CC)S(=O)(=O)c1cccc(NC(=O)c2cc(-c3ccc(Cl)c(Cl)c3Cl)nc3ccccc23)c1.